The molecule has 12 nitrogen and oxygen atoms in total. The zero-order valence-corrected chi connectivity index (χ0v) is 51.7. The molecule has 0 atom stereocenters. The smallest absolute Gasteiger partial charge is 0.431 e. The third kappa shape index (κ3) is 16.2. The summed E-state index contributed by atoms with van der Waals surface area (Å²) in [6, 6.07) is 49.1. The Bertz CT molecular complexity index is 4250. The van der Waals surface area contributed by atoms with Crippen LogP contribution in [0.1, 0.15) is 11.4 Å². The molecule has 2 aliphatic rings. The number of anilines is 4. The summed E-state index contributed by atoms with van der Waals surface area (Å²) in [5, 5.41) is 14.2. The van der Waals surface area contributed by atoms with E-state index in [4.69, 9.17) is 0 Å². The summed E-state index contributed by atoms with van der Waals surface area (Å²) in [6.45, 7) is 3.63. The maximum Gasteiger partial charge on any atom is 0.431 e. The van der Waals surface area contributed by atoms with Gasteiger partial charge in [-0.2, -0.15) is 38.5 Å². The van der Waals surface area contributed by atoms with Crippen LogP contribution in [0, 0.1) is 84.1 Å². The maximum atomic E-state index is 14.1. The number of para-hydroxylation sites is 2. The molecule has 0 saturated heterocycles. The monoisotopic (exact) mass is 1650 g/mol. The fourth-order valence-electron chi connectivity index (χ4n) is 8.74. The first-order chi connectivity index (χ1) is 44.1. The van der Waals surface area contributed by atoms with E-state index >= 15 is 0 Å². The van der Waals surface area contributed by atoms with Crippen LogP contribution >= 0.6 is 0 Å². The van der Waals surface area contributed by atoms with Gasteiger partial charge in [-0.25, -0.2) is 8.78 Å². The van der Waals surface area contributed by atoms with Gasteiger partial charge in [-0.3, -0.25) is 46.3 Å². The second-order valence-corrected chi connectivity index (χ2v) is 19.3. The van der Waals surface area contributed by atoms with E-state index in [1.54, 1.807) is 84.9 Å². The van der Waals surface area contributed by atoms with E-state index in [9.17, 15) is 61.5 Å². The molecule has 4 aromatic heterocycles. The van der Waals surface area contributed by atoms with Gasteiger partial charge in [-0.15, -0.1) is 85.4 Å². The van der Waals surface area contributed by atoms with Crippen molar-refractivity contribution in [3.8, 4) is 45.6 Å². The fraction of sp³-hybridized carbons (Fsp3) is 0.0303. The van der Waals surface area contributed by atoms with Crippen LogP contribution in [0.25, 0.3) is 67.4 Å². The molecule has 0 aliphatic carbocycles. The van der Waals surface area contributed by atoms with E-state index in [1.165, 1.54) is 48.5 Å². The van der Waals surface area contributed by atoms with Crippen molar-refractivity contribution in [1.29, 1.82) is 0 Å². The largest absolute Gasteiger partial charge is 0.573 e. The van der Waals surface area contributed by atoms with E-state index in [-0.39, 0.29) is 109 Å². The zero-order valence-electron chi connectivity index (χ0n) is 47.0. The average molecular weight is 1650 g/mol. The Morgan fingerprint density at radius 1 is 0.372 bits per heavy atom. The number of benzene rings is 8. The zero-order chi connectivity index (χ0) is 64.8. The van der Waals surface area contributed by atoms with E-state index in [0.29, 0.717) is 33.9 Å². The van der Waals surface area contributed by atoms with Gasteiger partial charge in [0.2, 0.25) is 0 Å². The predicted octanol–water partition coefficient (Wildman–Crippen LogP) is 16.2. The Kier molecular flexibility index (Phi) is 21.2. The summed E-state index contributed by atoms with van der Waals surface area (Å²) in [6.07, 6.45) is -1.99. The molecule has 2 aliphatic heterocycles. The van der Waals surface area contributed by atoms with E-state index in [0.717, 1.165) is 47.0 Å². The van der Waals surface area contributed by atoms with Gasteiger partial charge >= 0.3 is 12.4 Å². The molecule has 94 heavy (non-hydrogen) atoms. The number of hydrogen-bond acceptors (Lipinski definition) is 10. The second kappa shape index (κ2) is 29.2. The second-order valence-electron chi connectivity index (χ2n) is 19.3. The van der Waals surface area contributed by atoms with E-state index in [2.05, 4.69) is 64.6 Å². The molecule has 0 N–H and O–H groups in total. The van der Waals surface area contributed by atoms with Gasteiger partial charge in [0.15, 0.2) is 0 Å². The summed E-state index contributed by atoms with van der Waals surface area (Å²) in [7, 11) is 0. The molecule has 0 fully saturated rings. The van der Waals surface area contributed by atoms with Crippen molar-refractivity contribution in [3.63, 3.8) is 0 Å². The van der Waals surface area contributed by atoms with Gasteiger partial charge in [-0.1, -0.05) is 71.0 Å². The predicted molar refractivity (Wildman–Crippen MR) is 311 cm³/mol. The van der Waals surface area contributed by atoms with Crippen molar-refractivity contribution in [1.82, 2.24) is 40.3 Å². The Morgan fingerprint density at radius 3 is 1.06 bits per heavy atom. The van der Waals surface area contributed by atoms with Gasteiger partial charge in [0.1, 0.15) is 23.0 Å². The topological polar surface area (TPSA) is 118 Å². The van der Waals surface area contributed by atoms with Crippen LogP contribution in [0.5, 0.6) is 0 Å². The molecule has 8 aromatic carbocycles. The Labute approximate surface area is 551 Å². The number of halogens is 14. The third-order valence-corrected chi connectivity index (χ3v) is 13.1. The van der Waals surface area contributed by atoms with Crippen molar-refractivity contribution >= 4 is 44.6 Å². The first-order valence-electron chi connectivity index (χ1n) is 26.6. The van der Waals surface area contributed by atoms with Crippen molar-refractivity contribution in [2.75, 3.05) is 19.6 Å². The van der Waals surface area contributed by atoms with E-state index < -0.39 is 47.0 Å². The average Bonchev–Trinajstić information content (AvgIpc) is 1.27. The SMILES string of the molecule is Fc1c[c-]c(-c2nc(-c3cc(C(F)(F)F)n[n-]3)c3ccccc3n2)c(F)c1.Fc1c[c-]c(-c2nc(-c3cc(C(F)(F)F)n[n-]3)c3ccccc3n2)c(F)c1.Fc1c[c-]c(N2C=CN(c3ccc(F)cc3)[CH-]2)cc1.Fc1c[c-]c(N2C=CN(c3ccc(F)cc3)[CH-]2)cc1.[Ir].[Ir]. The quantitative estimate of drug-likeness (QED) is 0.106. The number of nitrogens with zero attached hydrogens (tertiary/aromatic N) is 12. The van der Waals surface area contributed by atoms with E-state index in [1.807, 2.05) is 57.7 Å². The summed E-state index contributed by atoms with van der Waals surface area (Å²) >= 11 is 0. The van der Waals surface area contributed by atoms with Gasteiger partial charge in [0.05, 0.1) is 22.7 Å². The van der Waals surface area contributed by atoms with Crippen LogP contribution < -0.4 is 29.8 Å². The van der Waals surface area contributed by atoms with Crippen LogP contribution in [-0.2, 0) is 52.6 Å². The molecule has 0 bridgehead atoms. The van der Waals surface area contributed by atoms with Crippen LogP contribution in [0.15, 0.2) is 195 Å². The van der Waals surface area contributed by atoms with Gasteiger partial charge in [-0.05, 0) is 97.6 Å². The molecule has 28 heteroatoms. The molecule has 0 spiro atoms. The number of alkyl halides is 6. The minimum Gasteiger partial charge on any atom is -0.573 e. The molecule has 0 amide bonds. The molecule has 0 saturated carbocycles. The summed E-state index contributed by atoms with van der Waals surface area (Å²) in [4.78, 5) is 24.0. The summed E-state index contributed by atoms with van der Waals surface area (Å²) in [5.41, 5.74) is 0.965. The van der Waals surface area contributed by atoms with Gasteiger partial charge in [0.25, 0.3) is 0 Å². The van der Waals surface area contributed by atoms with Gasteiger partial charge in [0, 0.05) is 109 Å². The fourth-order valence-corrected chi connectivity index (χ4v) is 8.74. The first kappa shape index (κ1) is 68.2. The number of fused-ring (bicyclic) bond motifs is 2. The standard InChI is InChI=1S/2C18H7F5N4.2C15H10F2N2.2Ir/c2*19-9-5-6-10(12(20)7-9)17-24-13-4-2-1-3-11(13)16(25-17)14-8-15(27-26-14)18(21,22)23;2*16-12-1-5-14(6-2-12)18-9-10-19(11-18)15-7-3-13(17)4-8-15;;/h2*1-5,7-8H;2*1-7,9-11H;;/q4*-2;;. The molecule has 0 unspecified atom stereocenters. The van der Waals surface area contributed by atoms with Gasteiger partial charge < -0.3 is 40.0 Å². The number of rotatable bonds is 8. The molecular formula is C66H34F14Ir2N12-8. The molecule has 12 aromatic rings. The Hall–Kier alpha value is -10.1. The van der Waals surface area contributed by atoms with Crippen LogP contribution in [-0.4, -0.2) is 30.1 Å². The molecule has 2 radical (unpaired) electrons. The normalized spacial score (nSPS) is 12.6. The minimum absolute atomic E-state index is 0. The minimum atomic E-state index is -4.66. The van der Waals surface area contributed by atoms with Crippen molar-refractivity contribution < 1.29 is 102 Å². The van der Waals surface area contributed by atoms with Crippen molar-refractivity contribution in [2.45, 2.75) is 12.4 Å². The van der Waals surface area contributed by atoms with Crippen molar-refractivity contribution in [3.05, 3.63) is 290 Å². The van der Waals surface area contributed by atoms with Crippen LogP contribution in [0.4, 0.5) is 84.2 Å². The Balaban J connectivity index is 0.000000148. The van der Waals surface area contributed by atoms with Crippen molar-refractivity contribution in [2.24, 2.45) is 0 Å². The molecule has 14 rings (SSSR count). The van der Waals surface area contributed by atoms with Crippen LogP contribution in [0.2, 0.25) is 0 Å². The summed E-state index contributed by atoms with van der Waals surface area (Å²) in [5.74, 6) is -5.02. The number of aromatic nitrogens is 8. The number of hydrogen-bond donors (Lipinski definition) is 0. The molecular weight excluding hydrogens is 1610 g/mol. The first-order valence-corrected chi connectivity index (χ1v) is 26.6. The molecule has 6 heterocycles. The molecule has 482 valence electrons. The van der Waals surface area contributed by atoms with Crippen LogP contribution in [0.3, 0.4) is 0 Å². The summed E-state index contributed by atoms with van der Waals surface area (Å²) < 4.78 is 183. The Morgan fingerprint density at radius 2 is 0.723 bits per heavy atom. The maximum absolute atomic E-state index is 14.1. The third-order valence-electron chi connectivity index (χ3n) is 13.1.